The van der Waals surface area contributed by atoms with E-state index in [4.69, 9.17) is 4.74 Å². The number of nitrogens with one attached hydrogen (secondary N) is 1. The standard InChI is InChI=1S/C16H27N3OS.HI/c1-17-16(18-9-4-11-20-13-14-6-7-14)19(2)10-8-15-5-3-12-21-15;/h3,5,12,14H,4,6-11,13H2,1-2H3,(H,17,18);1H. The Morgan fingerprint density at radius 1 is 1.50 bits per heavy atom. The molecule has 1 aromatic heterocycles. The highest BCUT2D eigenvalue weighted by atomic mass is 127. The highest BCUT2D eigenvalue weighted by Gasteiger charge is 2.20. The van der Waals surface area contributed by atoms with Crippen LogP contribution in [0.5, 0.6) is 0 Å². The van der Waals surface area contributed by atoms with E-state index in [-0.39, 0.29) is 24.0 Å². The summed E-state index contributed by atoms with van der Waals surface area (Å²) >= 11 is 1.82. The van der Waals surface area contributed by atoms with Crippen LogP contribution in [0.3, 0.4) is 0 Å². The summed E-state index contributed by atoms with van der Waals surface area (Å²) in [6.07, 6.45) is 4.82. The molecule has 0 bridgehead atoms. The first-order chi connectivity index (χ1) is 10.3. The van der Waals surface area contributed by atoms with E-state index in [2.05, 4.69) is 39.8 Å². The van der Waals surface area contributed by atoms with E-state index in [1.165, 1.54) is 17.7 Å². The molecule has 22 heavy (non-hydrogen) atoms. The number of thiophene rings is 1. The molecule has 0 spiro atoms. The van der Waals surface area contributed by atoms with Gasteiger partial charge in [0.1, 0.15) is 0 Å². The number of halogens is 1. The summed E-state index contributed by atoms with van der Waals surface area (Å²) in [6, 6.07) is 4.29. The molecular formula is C16H28IN3OS. The second kappa shape index (κ2) is 11.2. The van der Waals surface area contributed by atoms with Crippen LogP contribution < -0.4 is 5.32 Å². The van der Waals surface area contributed by atoms with Gasteiger partial charge in [0.05, 0.1) is 0 Å². The Labute approximate surface area is 155 Å². The van der Waals surface area contributed by atoms with Crippen molar-refractivity contribution in [2.45, 2.75) is 25.7 Å². The SMILES string of the molecule is CN=C(NCCCOCC1CC1)N(C)CCc1cccs1.I. The summed E-state index contributed by atoms with van der Waals surface area (Å²) in [5.41, 5.74) is 0. The first kappa shape index (κ1) is 19.7. The van der Waals surface area contributed by atoms with Crippen LogP contribution in [-0.2, 0) is 11.2 Å². The minimum Gasteiger partial charge on any atom is -0.381 e. The van der Waals surface area contributed by atoms with Gasteiger partial charge < -0.3 is 15.0 Å². The van der Waals surface area contributed by atoms with Gasteiger partial charge >= 0.3 is 0 Å². The molecule has 1 fully saturated rings. The summed E-state index contributed by atoms with van der Waals surface area (Å²) in [5, 5.41) is 5.53. The molecule has 0 unspecified atom stereocenters. The smallest absolute Gasteiger partial charge is 0.193 e. The van der Waals surface area contributed by atoms with E-state index in [1.54, 1.807) is 0 Å². The molecule has 1 saturated carbocycles. The molecule has 0 radical (unpaired) electrons. The highest BCUT2D eigenvalue weighted by Crippen LogP contribution is 2.28. The van der Waals surface area contributed by atoms with E-state index >= 15 is 0 Å². The third kappa shape index (κ3) is 7.78. The van der Waals surface area contributed by atoms with Crippen molar-refractivity contribution in [1.82, 2.24) is 10.2 Å². The number of hydrogen-bond donors (Lipinski definition) is 1. The third-order valence-electron chi connectivity index (χ3n) is 3.65. The monoisotopic (exact) mass is 437 g/mol. The Bertz CT molecular complexity index is 421. The number of nitrogens with zero attached hydrogens (tertiary/aromatic N) is 2. The van der Waals surface area contributed by atoms with Crippen molar-refractivity contribution < 1.29 is 4.74 Å². The largest absolute Gasteiger partial charge is 0.381 e. The fourth-order valence-electron chi connectivity index (χ4n) is 2.13. The lowest BCUT2D eigenvalue weighted by molar-refractivity contribution is 0.122. The van der Waals surface area contributed by atoms with Crippen LogP contribution in [0.1, 0.15) is 24.1 Å². The first-order valence-corrected chi connectivity index (χ1v) is 8.69. The minimum absolute atomic E-state index is 0. The molecule has 4 nitrogen and oxygen atoms in total. The van der Waals surface area contributed by atoms with Crippen molar-refractivity contribution in [3.05, 3.63) is 22.4 Å². The molecule has 1 aliphatic rings. The molecule has 0 aromatic carbocycles. The molecule has 0 atom stereocenters. The van der Waals surface area contributed by atoms with Crippen molar-refractivity contribution in [2.75, 3.05) is 40.4 Å². The van der Waals surface area contributed by atoms with Crippen LogP contribution >= 0.6 is 35.3 Å². The van der Waals surface area contributed by atoms with Crippen LogP contribution in [-0.4, -0.2) is 51.3 Å². The van der Waals surface area contributed by atoms with E-state index in [1.807, 2.05) is 18.4 Å². The van der Waals surface area contributed by atoms with Crippen molar-refractivity contribution in [2.24, 2.45) is 10.9 Å². The normalized spacial score (nSPS) is 14.5. The summed E-state index contributed by atoms with van der Waals surface area (Å²) in [6.45, 7) is 3.70. The van der Waals surface area contributed by atoms with Gasteiger partial charge in [-0.05, 0) is 43.0 Å². The van der Waals surface area contributed by atoms with E-state index in [0.717, 1.165) is 51.0 Å². The maximum absolute atomic E-state index is 5.64. The highest BCUT2D eigenvalue weighted by molar-refractivity contribution is 14.0. The molecule has 1 heterocycles. The topological polar surface area (TPSA) is 36.9 Å². The van der Waals surface area contributed by atoms with Gasteiger partial charge in [-0.15, -0.1) is 35.3 Å². The predicted molar refractivity (Wildman–Crippen MR) is 106 cm³/mol. The van der Waals surface area contributed by atoms with Crippen LogP contribution in [0.25, 0.3) is 0 Å². The number of guanidine groups is 1. The second-order valence-electron chi connectivity index (χ2n) is 5.60. The van der Waals surface area contributed by atoms with Crippen LogP contribution in [0, 0.1) is 5.92 Å². The number of ether oxygens (including phenoxy) is 1. The Morgan fingerprint density at radius 2 is 2.32 bits per heavy atom. The average Bonchev–Trinajstić information content (AvgIpc) is 3.17. The number of rotatable bonds is 9. The lowest BCUT2D eigenvalue weighted by atomic mass is 10.3. The lowest BCUT2D eigenvalue weighted by Gasteiger charge is -2.21. The zero-order valence-electron chi connectivity index (χ0n) is 13.6. The van der Waals surface area contributed by atoms with Gasteiger partial charge in [0.2, 0.25) is 0 Å². The van der Waals surface area contributed by atoms with Gasteiger partial charge in [-0.25, -0.2) is 0 Å². The van der Waals surface area contributed by atoms with Crippen molar-refractivity contribution >= 4 is 41.3 Å². The van der Waals surface area contributed by atoms with Crippen molar-refractivity contribution in [3.63, 3.8) is 0 Å². The molecule has 1 aliphatic carbocycles. The average molecular weight is 437 g/mol. The quantitative estimate of drug-likeness (QED) is 0.279. The fourth-order valence-corrected chi connectivity index (χ4v) is 2.83. The van der Waals surface area contributed by atoms with Gasteiger partial charge in [-0.2, -0.15) is 0 Å². The van der Waals surface area contributed by atoms with Gasteiger partial charge in [0.15, 0.2) is 5.96 Å². The van der Waals surface area contributed by atoms with Gasteiger partial charge in [0.25, 0.3) is 0 Å². The molecule has 1 aromatic rings. The number of likely N-dealkylation sites (N-methyl/N-ethyl adjacent to an activating group) is 1. The summed E-state index contributed by atoms with van der Waals surface area (Å²) < 4.78 is 5.64. The molecule has 1 N–H and O–H groups in total. The van der Waals surface area contributed by atoms with Crippen molar-refractivity contribution in [1.29, 1.82) is 0 Å². The first-order valence-electron chi connectivity index (χ1n) is 7.81. The van der Waals surface area contributed by atoms with Crippen molar-refractivity contribution in [3.8, 4) is 0 Å². The summed E-state index contributed by atoms with van der Waals surface area (Å²) in [4.78, 5) is 7.95. The van der Waals surface area contributed by atoms with Gasteiger partial charge in [-0.3, -0.25) is 4.99 Å². The minimum atomic E-state index is 0. The number of hydrogen-bond acceptors (Lipinski definition) is 3. The predicted octanol–water partition coefficient (Wildman–Crippen LogP) is 3.23. The fraction of sp³-hybridized carbons (Fsp3) is 0.688. The Balaban J connectivity index is 0.00000242. The number of aliphatic imine (C=N–C) groups is 1. The maximum Gasteiger partial charge on any atom is 0.193 e. The lowest BCUT2D eigenvalue weighted by Crippen LogP contribution is -2.40. The molecular weight excluding hydrogens is 409 g/mol. The van der Waals surface area contributed by atoms with Gasteiger partial charge in [-0.1, -0.05) is 6.07 Å². The Morgan fingerprint density at radius 3 is 2.95 bits per heavy atom. The zero-order valence-corrected chi connectivity index (χ0v) is 16.7. The third-order valence-corrected chi connectivity index (χ3v) is 4.58. The van der Waals surface area contributed by atoms with Crippen LogP contribution in [0.15, 0.2) is 22.5 Å². The second-order valence-corrected chi connectivity index (χ2v) is 6.63. The van der Waals surface area contributed by atoms with E-state index < -0.39 is 0 Å². The molecule has 6 heteroatoms. The van der Waals surface area contributed by atoms with Crippen LogP contribution in [0.4, 0.5) is 0 Å². The zero-order chi connectivity index (χ0) is 14.9. The molecule has 0 aliphatic heterocycles. The van der Waals surface area contributed by atoms with E-state index in [9.17, 15) is 0 Å². The Hall–Kier alpha value is -0.340. The molecule has 2 rings (SSSR count). The van der Waals surface area contributed by atoms with Crippen LogP contribution in [0.2, 0.25) is 0 Å². The van der Waals surface area contributed by atoms with Gasteiger partial charge in [0, 0.05) is 45.3 Å². The molecule has 0 amide bonds. The summed E-state index contributed by atoms with van der Waals surface area (Å²) in [7, 11) is 3.93. The van der Waals surface area contributed by atoms with E-state index in [0.29, 0.717) is 0 Å². The molecule has 0 saturated heterocycles. The molecule has 126 valence electrons. The maximum atomic E-state index is 5.64. The summed E-state index contributed by atoms with van der Waals surface area (Å²) in [5.74, 6) is 1.82. The Kier molecular flexibility index (Phi) is 10.1.